The maximum Gasteiger partial charge on any atom is 0.0674 e. The van der Waals surface area contributed by atoms with Crippen molar-refractivity contribution in [2.45, 2.75) is 33.2 Å². The van der Waals surface area contributed by atoms with Gasteiger partial charge in [0.05, 0.1) is 6.04 Å². The van der Waals surface area contributed by atoms with E-state index in [2.05, 4.69) is 54.2 Å². The van der Waals surface area contributed by atoms with Crippen LogP contribution in [-0.2, 0) is 0 Å². The van der Waals surface area contributed by atoms with Crippen LogP contribution in [0.5, 0.6) is 0 Å². The lowest BCUT2D eigenvalue weighted by molar-refractivity contribution is 0.603. The van der Waals surface area contributed by atoms with E-state index in [9.17, 15) is 0 Å². The maximum atomic E-state index is 6.08. The minimum absolute atomic E-state index is 0.238. The van der Waals surface area contributed by atoms with E-state index in [1.165, 1.54) is 25.4 Å². The summed E-state index contributed by atoms with van der Waals surface area (Å²) in [5.41, 5.74) is 2.53. The summed E-state index contributed by atoms with van der Waals surface area (Å²) in [6, 6.07) is 8.60. The van der Waals surface area contributed by atoms with Gasteiger partial charge in [-0.2, -0.15) is 0 Å². The van der Waals surface area contributed by atoms with Crippen molar-refractivity contribution in [3.63, 3.8) is 0 Å². The summed E-state index contributed by atoms with van der Waals surface area (Å²) in [5.74, 6) is 0. The van der Waals surface area contributed by atoms with Gasteiger partial charge in [-0.25, -0.2) is 0 Å². The first-order valence-corrected chi connectivity index (χ1v) is 8.77. The molecule has 0 saturated heterocycles. The molecule has 1 nitrogen and oxygen atoms in total. The fourth-order valence-electron chi connectivity index (χ4n) is 2.24. The number of hydrogen-bond acceptors (Lipinski definition) is 2. The van der Waals surface area contributed by atoms with E-state index in [1.54, 1.807) is 0 Å². The molecule has 0 aliphatic heterocycles. The number of rotatable bonds is 5. The van der Waals surface area contributed by atoms with Crippen molar-refractivity contribution in [2.75, 3.05) is 6.54 Å². The number of thiophene rings is 1. The minimum atomic E-state index is 0.238. The summed E-state index contributed by atoms with van der Waals surface area (Å²) >= 11 is 11.5. The van der Waals surface area contributed by atoms with Gasteiger partial charge < -0.3 is 5.32 Å². The van der Waals surface area contributed by atoms with Crippen LogP contribution in [0.3, 0.4) is 0 Å². The molecule has 4 heteroatoms. The van der Waals surface area contributed by atoms with Gasteiger partial charge in [-0.05, 0) is 72.1 Å². The van der Waals surface area contributed by atoms with Gasteiger partial charge in [0.1, 0.15) is 0 Å². The van der Waals surface area contributed by atoms with Crippen molar-refractivity contribution >= 4 is 38.9 Å². The molecule has 0 saturated carbocycles. The second-order valence-corrected chi connectivity index (χ2v) is 7.52. The summed E-state index contributed by atoms with van der Waals surface area (Å²) in [7, 11) is 0. The van der Waals surface area contributed by atoms with Crippen molar-refractivity contribution in [2.24, 2.45) is 0 Å². The second kappa shape index (κ2) is 7.08. The molecule has 0 aliphatic rings. The highest BCUT2D eigenvalue weighted by atomic mass is 79.9. The standard InChI is InChI=1S/C16H19BrClNS/c1-4-7-19-16(15-9-14(17)11(3)20-15)13-6-5-12(18)8-10(13)2/h5-6,8-9,16,19H,4,7H2,1-3H3. The van der Waals surface area contributed by atoms with Gasteiger partial charge in [0.2, 0.25) is 0 Å². The Morgan fingerprint density at radius 3 is 2.60 bits per heavy atom. The van der Waals surface area contributed by atoms with Gasteiger partial charge in [0.25, 0.3) is 0 Å². The van der Waals surface area contributed by atoms with E-state index in [1.807, 2.05) is 23.5 Å². The van der Waals surface area contributed by atoms with Gasteiger partial charge in [0.15, 0.2) is 0 Å². The van der Waals surface area contributed by atoms with E-state index in [-0.39, 0.29) is 6.04 Å². The van der Waals surface area contributed by atoms with Gasteiger partial charge in [0, 0.05) is 19.2 Å². The molecular weight excluding hydrogens is 354 g/mol. The van der Waals surface area contributed by atoms with Crippen LogP contribution in [-0.4, -0.2) is 6.54 Å². The topological polar surface area (TPSA) is 12.0 Å². The van der Waals surface area contributed by atoms with Crippen molar-refractivity contribution in [3.05, 3.63) is 54.6 Å². The van der Waals surface area contributed by atoms with Crippen molar-refractivity contribution in [3.8, 4) is 0 Å². The molecule has 0 amide bonds. The van der Waals surface area contributed by atoms with Crippen molar-refractivity contribution < 1.29 is 0 Å². The van der Waals surface area contributed by atoms with Crippen LogP contribution in [0.15, 0.2) is 28.7 Å². The zero-order valence-electron chi connectivity index (χ0n) is 12.0. The third-order valence-electron chi connectivity index (χ3n) is 3.30. The number of hydrogen-bond donors (Lipinski definition) is 1. The van der Waals surface area contributed by atoms with Crippen LogP contribution in [0.25, 0.3) is 0 Å². The van der Waals surface area contributed by atoms with Gasteiger partial charge in [-0.3, -0.25) is 0 Å². The van der Waals surface area contributed by atoms with Crippen molar-refractivity contribution in [1.29, 1.82) is 0 Å². The smallest absolute Gasteiger partial charge is 0.0674 e. The van der Waals surface area contributed by atoms with E-state index in [4.69, 9.17) is 11.6 Å². The molecule has 0 radical (unpaired) electrons. The lowest BCUT2D eigenvalue weighted by Crippen LogP contribution is -2.23. The molecule has 20 heavy (non-hydrogen) atoms. The molecule has 1 N–H and O–H groups in total. The summed E-state index contributed by atoms with van der Waals surface area (Å²) in [6.45, 7) is 7.46. The van der Waals surface area contributed by atoms with Crippen LogP contribution in [0.4, 0.5) is 0 Å². The van der Waals surface area contributed by atoms with Gasteiger partial charge in [-0.1, -0.05) is 24.6 Å². The summed E-state index contributed by atoms with van der Waals surface area (Å²) in [5, 5.41) is 4.44. The largest absolute Gasteiger partial charge is 0.306 e. The normalized spacial score (nSPS) is 12.7. The first kappa shape index (κ1) is 16.0. The lowest BCUT2D eigenvalue weighted by Gasteiger charge is -2.20. The maximum absolute atomic E-state index is 6.08. The first-order valence-electron chi connectivity index (χ1n) is 6.78. The molecule has 1 aromatic heterocycles. The molecule has 1 aromatic carbocycles. The Bertz CT molecular complexity index is 575. The molecule has 1 unspecified atom stereocenters. The van der Waals surface area contributed by atoms with Crippen LogP contribution >= 0.6 is 38.9 Å². The Balaban J connectivity index is 2.41. The molecule has 0 spiro atoms. The molecule has 2 aromatic rings. The van der Waals surface area contributed by atoms with Crippen LogP contribution in [0, 0.1) is 13.8 Å². The lowest BCUT2D eigenvalue weighted by atomic mass is 10.00. The summed E-state index contributed by atoms with van der Waals surface area (Å²) < 4.78 is 1.19. The van der Waals surface area contributed by atoms with E-state index in [0.29, 0.717) is 0 Å². The summed E-state index contributed by atoms with van der Waals surface area (Å²) in [6.07, 6.45) is 1.12. The fourth-order valence-corrected chi connectivity index (χ4v) is 4.12. The predicted octanol–water partition coefficient (Wildman–Crippen LogP) is 5.87. The Labute approximate surface area is 138 Å². The molecule has 1 atom stereocenters. The molecule has 2 rings (SSSR count). The highest BCUT2D eigenvalue weighted by Crippen LogP contribution is 2.35. The number of aryl methyl sites for hydroxylation is 2. The first-order chi connectivity index (χ1) is 9.52. The zero-order valence-corrected chi connectivity index (χ0v) is 15.1. The summed E-state index contributed by atoms with van der Waals surface area (Å²) in [4.78, 5) is 2.66. The third-order valence-corrected chi connectivity index (χ3v) is 5.74. The van der Waals surface area contributed by atoms with Gasteiger partial charge in [-0.15, -0.1) is 11.3 Å². The minimum Gasteiger partial charge on any atom is -0.306 e. The molecule has 0 bridgehead atoms. The van der Waals surface area contributed by atoms with Crippen LogP contribution < -0.4 is 5.32 Å². The average molecular weight is 373 g/mol. The Hall–Kier alpha value is -0.350. The number of nitrogens with one attached hydrogen (secondary N) is 1. The molecular formula is C16H19BrClNS. The highest BCUT2D eigenvalue weighted by molar-refractivity contribution is 9.10. The molecule has 108 valence electrons. The quantitative estimate of drug-likeness (QED) is 0.692. The highest BCUT2D eigenvalue weighted by Gasteiger charge is 2.18. The van der Waals surface area contributed by atoms with E-state index >= 15 is 0 Å². The molecule has 0 aliphatic carbocycles. The van der Waals surface area contributed by atoms with Crippen LogP contribution in [0.1, 0.15) is 40.3 Å². The Morgan fingerprint density at radius 1 is 1.30 bits per heavy atom. The third kappa shape index (κ3) is 3.64. The van der Waals surface area contributed by atoms with E-state index in [0.717, 1.165) is 18.0 Å². The second-order valence-electron chi connectivity index (χ2n) is 4.94. The van der Waals surface area contributed by atoms with Gasteiger partial charge >= 0.3 is 0 Å². The fraction of sp³-hybridized carbons (Fsp3) is 0.375. The Morgan fingerprint density at radius 2 is 2.05 bits per heavy atom. The number of halogens is 2. The average Bonchev–Trinajstić information content (AvgIpc) is 2.72. The zero-order chi connectivity index (χ0) is 14.7. The van der Waals surface area contributed by atoms with Crippen molar-refractivity contribution in [1.82, 2.24) is 5.32 Å². The van der Waals surface area contributed by atoms with E-state index < -0.39 is 0 Å². The Kier molecular flexibility index (Phi) is 5.67. The molecule has 0 fully saturated rings. The van der Waals surface area contributed by atoms with Crippen LogP contribution in [0.2, 0.25) is 5.02 Å². The monoisotopic (exact) mass is 371 g/mol. The molecule has 1 heterocycles. The predicted molar refractivity (Wildman–Crippen MR) is 93.1 cm³/mol. The SMILES string of the molecule is CCCNC(c1cc(Br)c(C)s1)c1ccc(Cl)cc1C. The number of benzene rings is 1.